The molecule has 7 heteroatoms. The van der Waals surface area contributed by atoms with Crippen LogP contribution >= 0.6 is 0 Å². The minimum atomic E-state index is -1.82. The number of carboxylic acids is 2. The molecule has 134 valence electrons. The monoisotopic (exact) mass is 339 g/mol. The van der Waals surface area contributed by atoms with Gasteiger partial charge in [0.2, 0.25) is 0 Å². The highest BCUT2D eigenvalue weighted by atomic mass is 16.5. The number of rotatable bonds is 6. The molecule has 1 heterocycles. The van der Waals surface area contributed by atoms with Crippen LogP contribution in [0, 0.1) is 0 Å². The largest absolute Gasteiger partial charge is 0.491 e. The Labute approximate surface area is 141 Å². The fraction of sp³-hybridized carbons (Fsp3) is 0.529. The number of aliphatic hydroxyl groups excluding tert-OH is 1. The van der Waals surface area contributed by atoms with Gasteiger partial charge in [0, 0.05) is 6.54 Å². The van der Waals surface area contributed by atoms with Gasteiger partial charge in [-0.25, -0.2) is 9.59 Å². The molecule has 0 radical (unpaired) electrons. The third-order valence-electron chi connectivity index (χ3n) is 3.60. The zero-order valence-corrected chi connectivity index (χ0v) is 13.6. The van der Waals surface area contributed by atoms with Crippen LogP contribution in [0.15, 0.2) is 30.3 Å². The number of aliphatic carboxylic acids is 2. The van der Waals surface area contributed by atoms with E-state index in [1.54, 1.807) is 0 Å². The number of aliphatic hydroxyl groups is 1. The van der Waals surface area contributed by atoms with E-state index in [0.29, 0.717) is 6.61 Å². The number of ether oxygens (including phenoxy) is 1. The van der Waals surface area contributed by atoms with Crippen LogP contribution in [0.2, 0.25) is 0 Å². The molecule has 0 aromatic heterocycles. The first kappa shape index (κ1) is 19.9. The van der Waals surface area contributed by atoms with Crippen molar-refractivity contribution in [2.24, 2.45) is 0 Å². The standard InChI is InChI=1S/C15H23NO2.C2H2O4/c17-14(9-12-16-10-5-2-6-11-16)13-18-15-7-3-1-4-8-15;3-1(4)2(5)6/h1,3-4,7-8,14,17H,2,5-6,9-13H2;(H,3,4)(H,5,6). The van der Waals surface area contributed by atoms with Gasteiger partial charge in [0.1, 0.15) is 12.4 Å². The van der Waals surface area contributed by atoms with Crippen LogP contribution < -0.4 is 4.74 Å². The average Bonchev–Trinajstić information content (AvgIpc) is 2.60. The van der Waals surface area contributed by atoms with Crippen LogP contribution in [0.25, 0.3) is 0 Å². The Morgan fingerprint density at radius 3 is 2.17 bits per heavy atom. The molecular formula is C17H25NO6. The van der Waals surface area contributed by atoms with Gasteiger partial charge in [-0.2, -0.15) is 0 Å². The molecule has 1 aromatic rings. The van der Waals surface area contributed by atoms with Crippen LogP contribution in [-0.4, -0.2) is 64.5 Å². The second-order valence-electron chi connectivity index (χ2n) is 5.58. The number of hydrogen-bond acceptors (Lipinski definition) is 5. The fourth-order valence-electron chi connectivity index (χ4n) is 2.31. The third-order valence-corrected chi connectivity index (χ3v) is 3.60. The Hall–Kier alpha value is -2.12. The summed E-state index contributed by atoms with van der Waals surface area (Å²) >= 11 is 0. The number of benzene rings is 1. The summed E-state index contributed by atoms with van der Waals surface area (Å²) in [6.45, 7) is 3.75. The molecule has 0 amide bonds. The highest BCUT2D eigenvalue weighted by molar-refractivity contribution is 6.27. The summed E-state index contributed by atoms with van der Waals surface area (Å²) in [6.07, 6.45) is 4.39. The molecule has 1 aliphatic rings. The van der Waals surface area contributed by atoms with Crippen molar-refractivity contribution in [1.29, 1.82) is 0 Å². The maximum atomic E-state index is 9.89. The van der Waals surface area contributed by atoms with E-state index < -0.39 is 11.9 Å². The molecule has 0 saturated carbocycles. The highest BCUT2D eigenvalue weighted by Crippen LogP contribution is 2.11. The second-order valence-corrected chi connectivity index (χ2v) is 5.58. The second kappa shape index (κ2) is 11.4. The van der Waals surface area contributed by atoms with E-state index in [0.717, 1.165) is 18.7 Å². The molecular weight excluding hydrogens is 314 g/mol. The molecule has 1 fully saturated rings. The zero-order valence-electron chi connectivity index (χ0n) is 13.6. The summed E-state index contributed by atoms with van der Waals surface area (Å²) in [5, 5.41) is 24.7. The Morgan fingerprint density at radius 2 is 1.62 bits per heavy atom. The fourth-order valence-corrected chi connectivity index (χ4v) is 2.31. The van der Waals surface area contributed by atoms with Crippen molar-refractivity contribution in [3.63, 3.8) is 0 Å². The van der Waals surface area contributed by atoms with Crippen molar-refractivity contribution in [3.8, 4) is 5.75 Å². The first-order valence-electron chi connectivity index (χ1n) is 8.03. The van der Waals surface area contributed by atoms with Crippen LogP contribution in [0.4, 0.5) is 0 Å². The minimum Gasteiger partial charge on any atom is -0.491 e. The van der Waals surface area contributed by atoms with Crippen LogP contribution in [0.1, 0.15) is 25.7 Å². The number of likely N-dealkylation sites (tertiary alicyclic amines) is 1. The highest BCUT2D eigenvalue weighted by Gasteiger charge is 2.12. The summed E-state index contributed by atoms with van der Waals surface area (Å²) < 4.78 is 5.54. The number of carboxylic acid groups (broad SMARTS) is 2. The van der Waals surface area contributed by atoms with Gasteiger partial charge in [0.25, 0.3) is 0 Å². The maximum Gasteiger partial charge on any atom is 0.414 e. The van der Waals surface area contributed by atoms with E-state index in [2.05, 4.69) is 4.90 Å². The van der Waals surface area contributed by atoms with E-state index in [1.807, 2.05) is 30.3 Å². The summed E-state index contributed by atoms with van der Waals surface area (Å²) in [5.74, 6) is -2.82. The molecule has 0 bridgehead atoms. The van der Waals surface area contributed by atoms with Crippen molar-refractivity contribution in [2.75, 3.05) is 26.2 Å². The van der Waals surface area contributed by atoms with Gasteiger partial charge >= 0.3 is 11.9 Å². The number of carbonyl (C=O) groups is 2. The summed E-state index contributed by atoms with van der Waals surface area (Å²) in [6, 6.07) is 9.67. The van der Waals surface area contributed by atoms with E-state index in [4.69, 9.17) is 24.5 Å². The number of hydrogen-bond donors (Lipinski definition) is 3. The van der Waals surface area contributed by atoms with E-state index in [9.17, 15) is 5.11 Å². The van der Waals surface area contributed by atoms with Crippen molar-refractivity contribution >= 4 is 11.9 Å². The molecule has 1 aromatic carbocycles. The Bertz CT molecular complexity index is 475. The SMILES string of the molecule is O=C(O)C(=O)O.OC(CCN1CCCCC1)COc1ccccc1. The predicted molar refractivity (Wildman–Crippen MR) is 88.1 cm³/mol. The molecule has 3 N–H and O–H groups in total. The molecule has 1 saturated heterocycles. The van der Waals surface area contributed by atoms with Crippen molar-refractivity contribution < 1.29 is 29.6 Å². The van der Waals surface area contributed by atoms with E-state index >= 15 is 0 Å². The molecule has 0 aliphatic carbocycles. The van der Waals surface area contributed by atoms with Crippen LogP contribution in [0.3, 0.4) is 0 Å². The summed E-state index contributed by atoms with van der Waals surface area (Å²) in [5.41, 5.74) is 0. The molecule has 7 nitrogen and oxygen atoms in total. The van der Waals surface area contributed by atoms with Gasteiger partial charge < -0.3 is 25.0 Å². The van der Waals surface area contributed by atoms with Gasteiger partial charge in [0.15, 0.2) is 0 Å². The first-order chi connectivity index (χ1) is 11.5. The Morgan fingerprint density at radius 1 is 1.04 bits per heavy atom. The first-order valence-corrected chi connectivity index (χ1v) is 8.03. The normalized spacial score (nSPS) is 15.7. The molecule has 1 atom stereocenters. The van der Waals surface area contributed by atoms with Crippen molar-refractivity contribution in [1.82, 2.24) is 4.90 Å². The van der Waals surface area contributed by atoms with Gasteiger partial charge in [-0.1, -0.05) is 24.6 Å². The molecule has 24 heavy (non-hydrogen) atoms. The third kappa shape index (κ3) is 9.12. The maximum absolute atomic E-state index is 9.89. The lowest BCUT2D eigenvalue weighted by atomic mass is 10.1. The molecule has 0 spiro atoms. The quantitative estimate of drug-likeness (QED) is 0.673. The van der Waals surface area contributed by atoms with Crippen LogP contribution in [0.5, 0.6) is 5.75 Å². The lowest BCUT2D eigenvalue weighted by molar-refractivity contribution is -0.159. The number of piperidine rings is 1. The number of nitrogens with zero attached hydrogens (tertiary/aromatic N) is 1. The molecule has 1 aliphatic heterocycles. The topological polar surface area (TPSA) is 107 Å². The lowest BCUT2D eigenvalue weighted by Crippen LogP contribution is -2.33. The number of para-hydroxylation sites is 1. The summed E-state index contributed by atoms with van der Waals surface area (Å²) in [4.78, 5) is 20.6. The van der Waals surface area contributed by atoms with Crippen molar-refractivity contribution in [2.45, 2.75) is 31.8 Å². The van der Waals surface area contributed by atoms with E-state index in [1.165, 1.54) is 32.4 Å². The average molecular weight is 339 g/mol. The predicted octanol–water partition coefficient (Wildman–Crippen LogP) is 1.46. The van der Waals surface area contributed by atoms with Crippen LogP contribution in [-0.2, 0) is 9.59 Å². The lowest BCUT2D eigenvalue weighted by Gasteiger charge is -2.27. The molecule has 1 unspecified atom stereocenters. The Balaban J connectivity index is 0.000000413. The minimum absolute atomic E-state index is 0.368. The van der Waals surface area contributed by atoms with Gasteiger partial charge in [-0.3, -0.25) is 0 Å². The van der Waals surface area contributed by atoms with Crippen molar-refractivity contribution in [3.05, 3.63) is 30.3 Å². The summed E-state index contributed by atoms with van der Waals surface area (Å²) in [7, 11) is 0. The zero-order chi connectivity index (χ0) is 17.8. The molecule has 2 rings (SSSR count). The van der Waals surface area contributed by atoms with E-state index in [-0.39, 0.29) is 6.10 Å². The smallest absolute Gasteiger partial charge is 0.414 e. The van der Waals surface area contributed by atoms with Gasteiger partial charge in [-0.05, 0) is 44.5 Å². The van der Waals surface area contributed by atoms with Gasteiger partial charge in [0.05, 0.1) is 6.10 Å². The Kier molecular flexibility index (Phi) is 9.48. The van der Waals surface area contributed by atoms with Gasteiger partial charge in [-0.15, -0.1) is 0 Å².